The lowest BCUT2D eigenvalue weighted by molar-refractivity contribution is 0.415. The Morgan fingerprint density at radius 3 is 0.698 bits per heavy atom. The Balaban J connectivity index is 0.000000131. The van der Waals surface area contributed by atoms with Crippen molar-refractivity contribution >= 4 is 118 Å². The van der Waals surface area contributed by atoms with Crippen LogP contribution in [0.3, 0.4) is 0 Å². The van der Waals surface area contributed by atoms with Crippen LogP contribution in [0.2, 0.25) is 0 Å². The average molecular weight is 1500 g/mol. The highest BCUT2D eigenvalue weighted by Gasteiger charge is 2.19. The number of aryl methyl sites for hydroxylation is 1. The van der Waals surface area contributed by atoms with Gasteiger partial charge in [-0.25, -0.2) is 0 Å². The Kier molecular flexibility index (Phi) is 22.8. The van der Waals surface area contributed by atoms with Gasteiger partial charge in [0.2, 0.25) is 0 Å². The van der Waals surface area contributed by atoms with E-state index in [2.05, 4.69) is 464 Å². The van der Waals surface area contributed by atoms with Crippen LogP contribution >= 0.6 is 0 Å². The highest BCUT2D eigenvalue weighted by molar-refractivity contribution is 5.93. The number of rotatable bonds is 20. The lowest BCUT2D eigenvalue weighted by atomic mass is 10.0. The molecule has 0 fully saturated rings. The first kappa shape index (κ1) is 75.2. The highest BCUT2D eigenvalue weighted by atomic mass is 16.5. The first-order chi connectivity index (χ1) is 57.0. The zero-order valence-corrected chi connectivity index (χ0v) is 66.1. The molecule has 0 saturated heterocycles. The number of para-hydroxylation sites is 3. The van der Waals surface area contributed by atoms with Gasteiger partial charge in [-0.3, -0.25) is 0 Å². The van der Waals surface area contributed by atoms with Crippen LogP contribution in [-0.4, -0.2) is 35.4 Å². The first-order valence-corrected chi connectivity index (χ1v) is 39.2. The zero-order chi connectivity index (χ0) is 79.1. The van der Waals surface area contributed by atoms with Gasteiger partial charge in [-0.05, 0) is 272 Å². The lowest BCUT2D eigenvalue weighted by Gasteiger charge is -2.26. The molecule has 0 aliphatic carbocycles. The lowest BCUT2D eigenvalue weighted by Crippen LogP contribution is -2.09. The molecular formula is C108H90N6O2. The minimum absolute atomic E-state index is 0.851. The van der Waals surface area contributed by atoms with E-state index in [0.29, 0.717) is 0 Å². The van der Waals surface area contributed by atoms with Gasteiger partial charge >= 0.3 is 0 Å². The van der Waals surface area contributed by atoms with E-state index in [1.807, 2.05) is 30.3 Å². The van der Waals surface area contributed by atoms with Gasteiger partial charge in [-0.1, -0.05) is 237 Å². The number of hydrogen-bond acceptors (Lipinski definition) is 8. The maximum Gasteiger partial charge on any atom is 0.120 e. The molecule has 116 heavy (non-hydrogen) atoms. The summed E-state index contributed by atoms with van der Waals surface area (Å²) < 4.78 is 10.7. The predicted molar refractivity (Wildman–Crippen MR) is 494 cm³/mol. The Hall–Kier alpha value is -14.9. The normalized spacial score (nSPS) is 10.8. The summed E-state index contributed by atoms with van der Waals surface area (Å²) in [7, 11) is 9.65. The van der Waals surface area contributed by atoms with E-state index in [9.17, 15) is 0 Å². The van der Waals surface area contributed by atoms with E-state index in [-0.39, 0.29) is 0 Å². The molecule has 8 heteroatoms. The molecule has 0 spiro atoms. The topological polar surface area (TPSA) is 37.9 Å². The molecule has 0 N–H and O–H groups in total. The van der Waals surface area contributed by atoms with E-state index in [4.69, 9.17) is 9.47 Å². The molecule has 0 aromatic heterocycles. The quantitative estimate of drug-likeness (QED) is 0.0747. The highest BCUT2D eigenvalue weighted by Crippen LogP contribution is 2.42. The van der Waals surface area contributed by atoms with Crippen LogP contribution in [0, 0.1) is 6.92 Å². The van der Waals surface area contributed by atoms with Gasteiger partial charge in [0.05, 0.1) is 14.2 Å². The molecule has 564 valence electrons. The average Bonchev–Trinajstić information content (AvgIpc) is 0.797. The third-order valence-corrected chi connectivity index (χ3v) is 21.4. The molecule has 0 unspecified atom stereocenters. The van der Waals surface area contributed by atoms with Crippen molar-refractivity contribution < 1.29 is 9.47 Å². The second kappa shape index (κ2) is 35.2. The summed E-state index contributed by atoms with van der Waals surface area (Å²) in [5.74, 6) is 1.71. The van der Waals surface area contributed by atoms with Crippen molar-refractivity contribution in [2.75, 3.05) is 64.8 Å². The molecule has 18 aromatic carbocycles. The van der Waals surface area contributed by atoms with Crippen molar-refractivity contribution in [1.29, 1.82) is 0 Å². The Bertz CT molecular complexity index is 6270. The minimum atomic E-state index is 0.851. The molecule has 0 aliphatic heterocycles. The molecule has 0 heterocycles. The standard InChI is InChI=1S/2C36H30N2O.C36H30N2/c1-37(34-13-8-14-36(26-34)39-2)31-20-15-28(16-21-31)29-17-22-33(23-18-29)38(32-11-4-3-5-12-32)35-24-19-27-9-6-7-10-30(27)25-35;1-37(32-22-24-36(39-2)25-23-32)31-17-12-28(13-18-31)29-14-19-34(20-15-29)38(33-10-4-3-5-11-33)35-21-16-27-8-6-7-9-30(27)26-35;1-27-9-8-14-35(25-27)37(2)32-20-15-29(16-21-32)30-17-22-34(23-18-30)38(33-12-4-3-5-13-33)36-24-19-28-10-6-7-11-31(28)26-36/h2*3-26H,1-2H3;3-26H,1-2H3. The van der Waals surface area contributed by atoms with Crippen molar-refractivity contribution in [1.82, 2.24) is 0 Å². The van der Waals surface area contributed by atoms with Gasteiger partial charge in [0, 0.05) is 113 Å². The molecule has 0 bridgehead atoms. The monoisotopic (exact) mass is 1500 g/mol. The summed E-state index contributed by atoms with van der Waals surface area (Å²) in [6.45, 7) is 2.13. The summed E-state index contributed by atoms with van der Waals surface area (Å²) in [6, 6.07) is 155. The van der Waals surface area contributed by atoms with Gasteiger partial charge in [0.15, 0.2) is 0 Å². The molecular weight excluding hydrogens is 1410 g/mol. The maximum absolute atomic E-state index is 5.39. The molecule has 0 amide bonds. The third-order valence-electron chi connectivity index (χ3n) is 21.4. The number of anilines is 15. The van der Waals surface area contributed by atoms with Crippen LogP contribution in [-0.2, 0) is 0 Å². The van der Waals surface area contributed by atoms with Crippen LogP contribution in [0.5, 0.6) is 11.5 Å². The first-order valence-electron chi connectivity index (χ1n) is 39.2. The van der Waals surface area contributed by atoms with Gasteiger partial charge in [-0.15, -0.1) is 0 Å². The largest absolute Gasteiger partial charge is 0.497 e. The minimum Gasteiger partial charge on any atom is -0.497 e. The molecule has 8 nitrogen and oxygen atoms in total. The zero-order valence-electron chi connectivity index (χ0n) is 66.1. The summed E-state index contributed by atoms with van der Waals surface area (Å²) in [5, 5.41) is 7.42. The fourth-order valence-corrected chi connectivity index (χ4v) is 15.0. The predicted octanol–water partition coefficient (Wildman–Crippen LogP) is 29.6. The van der Waals surface area contributed by atoms with E-state index >= 15 is 0 Å². The van der Waals surface area contributed by atoms with E-state index in [1.165, 1.54) is 82.6 Å². The number of hydrogen-bond donors (Lipinski definition) is 0. The van der Waals surface area contributed by atoms with Crippen molar-refractivity contribution in [2.24, 2.45) is 0 Å². The number of benzene rings is 18. The summed E-state index contributed by atoms with van der Waals surface area (Å²) in [5.41, 5.74) is 25.4. The smallest absolute Gasteiger partial charge is 0.120 e. The molecule has 0 aliphatic rings. The van der Waals surface area contributed by atoms with Crippen LogP contribution < -0.4 is 38.9 Å². The fourth-order valence-electron chi connectivity index (χ4n) is 15.0. The van der Waals surface area contributed by atoms with Crippen molar-refractivity contribution in [2.45, 2.75) is 6.92 Å². The molecule has 0 radical (unpaired) electrons. The van der Waals surface area contributed by atoms with Gasteiger partial charge in [0.25, 0.3) is 0 Å². The number of methoxy groups -OCH3 is 2. The van der Waals surface area contributed by atoms with E-state index in [0.717, 1.165) is 85.4 Å². The van der Waals surface area contributed by atoms with Crippen molar-refractivity contribution in [3.8, 4) is 44.9 Å². The third kappa shape index (κ3) is 17.3. The molecule has 0 atom stereocenters. The van der Waals surface area contributed by atoms with E-state index < -0.39 is 0 Å². The van der Waals surface area contributed by atoms with Crippen molar-refractivity contribution in [3.05, 3.63) is 442 Å². The maximum atomic E-state index is 5.39. The SMILES string of the molecule is COc1ccc(N(C)c2ccc(-c3ccc(N(c4ccccc4)c4ccc5ccccc5c4)cc3)cc2)cc1.COc1cccc(N(C)c2ccc(-c3ccc(N(c4ccccc4)c4ccc5ccccc5c4)cc3)cc2)c1.Cc1cccc(N(C)c2ccc(-c3ccc(N(c4ccccc4)c4ccc5ccccc5c4)cc3)cc2)c1. The Morgan fingerprint density at radius 2 is 0.397 bits per heavy atom. The fraction of sp³-hybridized carbons (Fsp3) is 0.0556. The summed E-state index contributed by atoms with van der Waals surface area (Å²) >= 11 is 0. The van der Waals surface area contributed by atoms with Crippen LogP contribution in [0.15, 0.2) is 437 Å². The number of fused-ring (bicyclic) bond motifs is 3. The van der Waals surface area contributed by atoms with Crippen molar-refractivity contribution in [3.63, 3.8) is 0 Å². The van der Waals surface area contributed by atoms with E-state index in [1.54, 1.807) is 14.2 Å². The van der Waals surface area contributed by atoms with Gasteiger partial charge in [-0.2, -0.15) is 0 Å². The van der Waals surface area contributed by atoms with Crippen LogP contribution in [0.4, 0.5) is 85.3 Å². The number of ether oxygens (including phenoxy) is 2. The second-order valence-electron chi connectivity index (χ2n) is 28.8. The Morgan fingerprint density at radius 1 is 0.164 bits per heavy atom. The van der Waals surface area contributed by atoms with Gasteiger partial charge < -0.3 is 38.9 Å². The molecule has 18 rings (SSSR count). The Labute approximate surface area is 681 Å². The molecule has 18 aromatic rings. The second-order valence-corrected chi connectivity index (χ2v) is 28.8. The summed E-state index contributed by atoms with van der Waals surface area (Å²) in [6.07, 6.45) is 0. The van der Waals surface area contributed by atoms with Gasteiger partial charge in [0.1, 0.15) is 11.5 Å². The summed E-state index contributed by atoms with van der Waals surface area (Å²) in [4.78, 5) is 13.5. The molecule has 0 saturated carbocycles. The van der Waals surface area contributed by atoms with Crippen LogP contribution in [0.1, 0.15) is 5.56 Å². The number of nitrogens with zero attached hydrogens (tertiary/aromatic N) is 6. The van der Waals surface area contributed by atoms with Crippen LogP contribution in [0.25, 0.3) is 65.7 Å².